The minimum Gasteiger partial charge on any atom is -0.409 e. The van der Waals surface area contributed by atoms with Gasteiger partial charge in [-0.25, -0.2) is 0 Å². The van der Waals surface area contributed by atoms with Crippen molar-refractivity contribution in [3.8, 4) is 0 Å². The maximum Gasteiger partial charge on any atom is 0.170 e. The van der Waals surface area contributed by atoms with E-state index in [1.807, 2.05) is 24.3 Å². The second-order valence-electron chi connectivity index (χ2n) is 5.45. The third kappa shape index (κ3) is 2.44. The first-order valence-electron chi connectivity index (χ1n) is 7.11. The molecule has 0 amide bonds. The maximum absolute atomic E-state index is 8.93. The van der Waals surface area contributed by atoms with Gasteiger partial charge < -0.3 is 15.8 Å². The molecule has 1 atom stereocenters. The standard InChI is InChI=1S/C17H19N3O/c1-12-10-13-6-3-5-9-16(13)20(12)11-14-7-2-4-8-15(14)17(18)19-21/h2-9,12,21H,10-11H2,1H3,(H2,18,19). The zero-order chi connectivity index (χ0) is 14.8. The van der Waals surface area contributed by atoms with Gasteiger partial charge in [0, 0.05) is 23.8 Å². The van der Waals surface area contributed by atoms with Crippen molar-refractivity contribution in [1.29, 1.82) is 0 Å². The SMILES string of the molecule is CC1Cc2ccccc2N1Cc1ccccc1/C(N)=N/O. The smallest absolute Gasteiger partial charge is 0.170 e. The second-order valence-corrected chi connectivity index (χ2v) is 5.45. The number of benzene rings is 2. The van der Waals surface area contributed by atoms with E-state index in [-0.39, 0.29) is 5.84 Å². The molecule has 1 aliphatic rings. The van der Waals surface area contributed by atoms with Gasteiger partial charge in [0.15, 0.2) is 5.84 Å². The van der Waals surface area contributed by atoms with Crippen molar-refractivity contribution in [2.45, 2.75) is 25.9 Å². The Hall–Kier alpha value is -2.49. The second kappa shape index (κ2) is 5.48. The Morgan fingerprint density at radius 1 is 1.24 bits per heavy atom. The summed E-state index contributed by atoms with van der Waals surface area (Å²) in [5.74, 6) is 0.158. The van der Waals surface area contributed by atoms with Crippen LogP contribution < -0.4 is 10.6 Å². The molecule has 3 N–H and O–H groups in total. The molecule has 108 valence electrons. The van der Waals surface area contributed by atoms with Crippen LogP contribution in [0.1, 0.15) is 23.6 Å². The largest absolute Gasteiger partial charge is 0.409 e. The summed E-state index contributed by atoms with van der Waals surface area (Å²) in [4.78, 5) is 2.37. The number of amidine groups is 1. The number of oxime groups is 1. The molecule has 0 aliphatic carbocycles. The molecule has 0 fully saturated rings. The molecule has 2 aromatic rings. The molecular weight excluding hydrogens is 262 g/mol. The molecule has 2 aromatic carbocycles. The molecule has 1 heterocycles. The van der Waals surface area contributed by atoms with Crippen LogP contribution in [0.15, 0.2) is 53.7 Å². The molecule has 0 spiro atoms. The van der Waals surface area contributed by atoms with Gasteiger partial charge in [-0.05, 0) is 30.5 Å². The van der Waals surface area contributed by atoms with Gasteiger partial charge in [0.2, 0.25) is 0 Å². The average Bonchev–Trinajstić information content (AvgIpc) is 2.83. The fourth-order valence-corrected chi connectivity index (χ4v) is 3.02. The summed E-state index contributed by atoms with van der Waals surface area (Å²) in [5.41, 5.74) is 10.3. The van der Waals surface area contributed by atoms with Crippen LogP contribution in [0.3, 0.4) is 0 Å². The van der Waals surface area contributed by atoms with E-state index in [9.17, 15) is 0 Å². The Kier molecular flexibility index (Phi) is 3.52. The average molecular weight is 281 g/mol. The molecule has 0 saturated heterocycles. The van der Waals surface area contributed by atoms with E-state index < -0.39 is 0 Å². The quantitative estimate of drug-likeness (QED) is 0.393. The summed E-state index contributed by atoms with van der Waals surface area (Å²) in [6.07, 6.45) is 1.06. The van der Waals surface area contributed by atoms with Crippen LogP contribution in [0.25, 0.3) is 0 Å². The maximum atomic E-state index is 8.93. The van der Waals surface area contributed by atoms with Crippen LogP contribution in [-0.2, 0) is 13.0 Å². The highest BCUT2D eigenvalue weighted by Crippen LogP contribution is 2.33. The summed E-state index contributed by atoms with van der Waals surface area (Å²) >= 11 is 0. The Balaban J connectivity index is 1.95. The van der Waals surface area contributed by atoms with Crippen LogP contribution in [-0.4, -0.2) is 17.1 Å². The van der Waals surface area contributed by atoms with Crippen molar-refractivity contribution < 1.29 is 5.21 Å². The summed E-state index contributed by atoms with van der Waals surface area (Å²) in [6, 6.07) is 16.7. The molecule has 0 aromatic heterocycles. The van der Waals surface area contributed by atoms with Crippen molar-refractivity contribution >= 4 is 11.5 Å². The molecule has 0 radical (unpaired) electrons. The monoisotopic (exact) mass is 281 g/mol. The number of nitrogens with zero attached hydrogens (tertiary/aromatic N) is 2. The molecule has 1 unspecified atom stereocenters. The van der Waals surface area contributed by atoms with E-state index >= 15 is 0 Å². The minimum atomic E-state index is 0.158. The highest BCUT2D eigenvalue weighted by atomic mass is 16.4. The summed E-state index contributed by atoms with van der Waals surface area (Å²) < 4.78 is 0. The van der Waals surface area contributed by atoms with Gasteiger partial charge in [0.05, 0.1) is 0 Å². The van der Waals surface area contributed by atoms with Crippen LogP contribution in [0.2, 0.25) is 0 Å². The number of fused-ring (bicyclic) bond motifs is 1. The van der Waals surface area contributed by atoms with Crippen molar-refractivity contribution in [1.82, 2.24) is 0 Å². The number of hydrogen-bond donors (Lipinski definition) is 2. The number of nitrogens with two attached hydrogens (primary N) is 1. The highest BCUT2D eigenvalue weighted by molar-refractivity contribution is 5.98. The first kappa shape index (κ1) is 13.5. The van der Waals surface area contributed by atoms with Crippen molar-refractivity contribution in [2.75, 3.05) is 4.90 Å². The Morgan fingerprint density at radius 3 is 2.76 bits per heavy atom. The Labute approximate surface area is 124 Å². The van der Waals surface area contributed by atoms with E-state index in [1.54, 1.807) is 0 Å². The molecule has 1 aliphatic heterocycles. The predicted molar refractivity (Wildman–Crippen MR) is 84.7 cm³/mol. The first-order valence-corrected chi connectivity index (χ1v) is 7.11. The molecule has 0 saturated carbocycles. The predicted octanol–water partition coefficient (Wildman–Crippen LogP) is 2.73. The van der Waals surface area contributed by atoms with E-state index in [0.717, 1.165) is 24.1 Å². The van der Waals surface area contributed by atoms with E-state index in [4.69, 9.17) is 10.9 Å². The van der Waals surface area contributed by atoms with Gasteiger partial charge in [-0.15, -0.1) is 0 Å². The van der Waals surface area contributed by atoms with E-state index in [0.29, 0.717) is 6.04 Å². The van der Waals surface area contributed by atoms with Crippen LogP contribution in [0.4, 0.5) is 5.69 Å². The van der Waals surface area contributed by atoms with Crippen LogP contribution >= 0.6 is 0 Å². The fourth-order valence-electron chi connectivity index (χ4n) is 3.02. The van der Waals surface area contributed by atoms with Crippen LogP contribution in [0.5, 0.6) is 0 Å². The number of hydrogen-bond acceptors (Lipinski definition) is 3. The molecule has 21 heavy (non-hydrogen) atoms. The molecule has 0 bridgehead atoms. The van der Waals surface area contributed by atoms with Gasteiger partial charge in [-0.1, -0.05) is 47.6 Å². The minimum absolute atomic E-state index is 0.158. The zero-order valence-electron chi connectivity index (χ0n) is 12.0. The topological polar surface area (TPSA) is 61.8 Å². The number of para-hydroxylation sites is 1. The van der Waals surface area contributed by atoms with Gasteiger partial charge in [0.25, 0.3) is 0 Å². The lowest BCUT2D eigenvalue weighted by molar-refractivity contribution is 0.318. The summed E-state index contributed by atoms with van der Waals surface area (Å²) in [7, 11) is 0. The third-order valence-corrected chi connectivity index (χ3v) is 4.09. The molecular formula is C17H19N3O. The normalized spacial score (nSPS) is 17.9. The van der Waals surface area contributed by atoms with Crippen LogP contribution in [0, 0.1) is 0 Å². The summed E-state index contributed by atoms with van der Waals surface area (Å²) in [6.45, 7) is 2.98. The van der Waals surface area contributed by atoms with E-state index in [1.165, 1.54) is 11.3 Å². The van der Waals surface area contributed by atoms with Crippen molar-refractivity contribution in [3.05, 3.63) is 65.2 Å². The van der Waals surface area contributed by atoms with Gasteiger partial charge in [0.1, 0.15) is 0 Å². The lowest BCUT2D eigenvalue weighted by Crippen LogP contribution is -2.30. The van der Waals surface area contributed by atoms with Crippen molar-refractivity contribution in [2.24, 2.45) is 10.9 Å². The lowest BCUT2D eigenvalue weighted by atomic mass is 10.1. The highest BCUT2D eigenvalue weighted by Gasteiger charge is 2.26. The molecule has 3 rings (SSSR count). The Morgan fingerprint density at radius 2 is 1.95 bits per heavy atom. The van der Waals surface area contributed by atoms with Gasteiger partial charge in [-0.3, -0.25) is 0 Å². The van der Waals surface area contributed by atoms with E-state index in [2.05, 4.69) is 41.2 Å². The number of rotatable bonds is 3. The molecule has 4 heteroatoms. The van der Waals surface area contributed by atoms with Gasteiger partial charge in [-0.2, -0.15) is 0 Å². The first-order chi connectivity index (χ1) is 10.2. The third-order valence-electron chi connectivity index (χ3n) is 4.09. The van der Waals surface area contributed by atoms with Crippen molar-refractivity contribution in [3.63, 3.8) is 0 Å². The Bertz CT molecular complexity index is 681. The van der Waals surface area contributed by atoms with Gasteiger partial charge >= 0.3 is 0 Å². The zero-order valence-corrected chi connectivity index (χ0v) is 12.0. The molecule has 4 nitrogen and oxygen atoms in total. The summed E-state index contributed by atoms with van der Waals surface area (Å²) in [5, 5.41) is 12.1. The fraction of sp³-hybridized carbons (Fsp3) is 0.235. The number of anilines is 1. The lowest BCUT2D eigenvalue weighted by Gasteiger charge is -2.26.